The lowest BCUT2D eigenvalue weighted by Gasteiger charge is -2.42. The van der Waals surface area contributed by atoms with E-state index >= 15 is 0 Å². The van der Waals surface area contributed by atoms with Crippen molar-refractivity contribution in [3.63, 3.8) is 0 Å². The number of anilines is 1. The van der Waals surface area contributed by atoms with E-state index < -0.39 is 0 Å². The topological polar surface area (TPSA) is 96.9 Å². The van der Waals surface area contributed by atoms with Crippen LogP contribution in [0.4, 0.5) is 5.82 Å². The molecule has 1 fully saturated rings. The number of nitrogens with zero attached hydrogens (tertiary/aromatic N) is 4. The molecule has 0 saturated carbocycles. The van der Waals surface area contributed by atoms with Crippen LogP contribution in [0.15, 0.2) is 23.3 Å². The molecule has 0 aromatic carbocycles. The van der Waals surface area contributed by atoms with E-state index in [0.29, 0.717) is 17.9 Å². The Balaban J connectivity index is 1.61. The molecular weight excluding hydrogens is 356 g/mol. The van der Waals surface area contributed by atoms with E-state index in [4.69, 9.17) is 0 Å². The number of pyridine rings is 1. The molecule has 28 heavy (non-hydrogen) atoms. The molecule has 1 aromatic heterocycles. The van der Waals surface area contributed by atoms with Gasteiger partial charge < -0.3 is 20.9 Å². The fraction of sp³-hybridized carbons (Fsp3) is 0.632. The number of aromatic nitrogens is 1. The molecule has 0 aliphatic carbocycles. The third-order valence-corrected chi connectivity index (χ3v) is 4.99. The normalized spacial score (nSPS) is 23.6. The lowest BCUT2D eigenvalue weighted by Crippen LogP contribution is -2.66. The van der Waals surface area contributed by atoms with Gasteiger partial charge in [0.05, 0.1) is 5.56 Å². The number of piperazine rings is 1. The van der Waals surface area contributed by atoms with Crippen LogP contribution < -0.4 is 21.3 Å². The first kappa shape index (κ1) is 20.5. The van der Waals surface area contributed by atoms with Gasteiger partial charge in [0.2, 0.25) is 0 Å². The van der Waals surface area contributed by atoms with Crippen molar-refractivity contribution in [2.45, 2.75) is 39.3 Å². The van der Waals surface area contributed by atoms with E-state index in [1.807, 2.05) is 13.0 Å². The molecule has 2 aliphatic heterocycles. The fourth-order valence-electron chi connectivity index (χ4n) is 3.22. The molecule has 9 heteroatoms. The summed E-state index contributed by atoms with van der Waals surface area (Å²) in [6.07, 6.45) is 3.11. The van der Waals surface area contributed by atoms with Crippen molar-refractivity contribution in [3.05, 3.63) is 23.9 Å². The Morgan fingerprint density at radius 2 is 2.04 bits per heavy atom. The van der Waals surface area contributed by atoms with Gasteiger partial charge in [0.25, 0.3) is 5.91 Å². The standard InChI is InChI=1S/C19H32N8O/c1-4-8-20-17(28)14-6-7-16(21-13-14)23-18-22-15(5-2)24-19(25-18)27-11-9-26(3)10-12-27/h6-7,13,18-19,25H,4-5,8-12H2,1-3H3,(H,20,28)(H,21,23)(H,22,24). The van der Waals surface area contributed by atoms with Gasteiger partial charge in [0, 0.05) is 45.3 Å². The predicted molar refractivity (Wildman–Crippen MR) is 111 cm³/mol. The maximum absolute atomic E-state index is 12.0. The average Bonchev–Trinajstić information content (AvgIpc) is 2.72. The molecular formula is C19H32N8O. The van der Waals surface area contributed by atoms with Crippen molar-refractivity contribution in [2.24, 2.45) is 4.99 Å². The highest BCUT2D eigenvalue weighted by Gasteiger charge is 2.28. The van der Waals surface area contributed by atoms with E-state index in [-0.39, 0.29) is 18.5 Å². The summed E-state index contributed by atoms with van der Waals surface area (Å²) >= 11 is 0. The Morgan fingerprint density at radius 1 is 1.25 bits per heavy atom. The summed E-state index contributed by atoms with van der Waals surface area (Å²) in [5, 5.41) is 13.1. The van der Waals surface area contributed by atoms with Crippen LogP contribution in [0.3, 0.4) is 0 Å². The van der Waals surface area contributed by atoms with Gasteiger partial charge in [-0.1, -0.05) is 13.8 Å². The molecule has 1 amide bonds. The van der Waals surface area contributed by atoms with Gasteiger partial charge >= 0.3 is 0 Å². The third kappa shape index (κ3) is 5.40. The first-order valence-electron chi connectivity index (χ1n) is 10.1. The van der Waals surface area contributed by atoms with Crippen LogP contribution in [0.5, 0.6) is 0 Å². The number of nitrogens with one attached hydrogen (secondary N) is 4. The van der Waals surface area contributed by atoms with Crippen LogP contribution in [0, 0.1) is 0 Å². The zero-order valence-corrected chi connectivity index (χ0v) is 17.0. The summed E-state index contributed by atoms with van der Waals surface area (Å²) in [7, 11) is 2.15. The van der Waals surface area contributed by atoms with Gasteiger partial charge in [0.1, 0.15) is 17.9 Å². The minimum atomic E-state index is -0.270. The summed E-state index contributed by atoms with van der Waals surface area (Å²) in [5.41, 5.74) is 0.560. The minimum Gasteiger partial charge on any atom is -0.352 e. The molecule has 154 valence electrons. The average molecular weight is 389 g/mol. The molecule has 0 radical (unpaired) electrons. The number of likely N-dealkylation sites (N-methyl/N-ethyl adjacent to an activating group) is 1. The SMILES string of the molecule is CCCNC(=O)c1ccc(NC2N=C(CC)NC(N3CCN(C)CC3)N2)nc1. The number of carbonyl (C=O) groups is 1. The molecule has 0 spiro atoms. The highest BCUT2D eigenvalue weighted by atomic mass is 16.1. The number of amidine groups is 1. The van der Waals surface area contributed by atoms with E-state index in [2.05, 4.69) is 55.0 Å². The van der Waals surface area contributed by atoms with Gasteiger partial charge in [0.15, 0.2) is 6.29 Å². The summed E-state index contributed by atoms with van der Waals surface area (Å²) in [4.78, 5) is 25.8. The highest BCUT2D eigenvalue weighted by molar-refractivity contribution is 5.94. The summed E-state index contributed by atoms with van der Waals surface area (Å²) < 4.78 is 0. The van der Waals surface area contributed by atoms with E-state index in [1.165, 1.54) is 0 Å². The van der Waals surface area contributed by atoms with Crippen molar-refractivity contribution in [1.29, 1.82) is 0 Å². The second-order valence-corrected chi connectivity index (χ2v) is 7.22. The smallest absolute Gasteiger partial charge is 0.252 e. The fourth-order valence-corrected chi connectivity index (χ4v) is 3.22. The van der Waals surface area contributed by atoms with Crippen molar-refractivity contribution < 1.29 is 4.79 Å². The monoisotopic (exact) mass is 388 g/mol. The summed E-state index contributed by atoms with van der Waals surface area (Å²) in [6.45, 7) is 8.91. The number of rotatable bonds is 7. The van der Waals surface area contributed by atoms with Crippen LogP contribution in [0.25, 0.3) is 0 Å². The van der Waals surface area contributed by atoms with Crippen molar-refractivity contribution in [1.82, 2.24) is 30.7 Å². The van der Waals surface area contributed by atoms with E-state index in [0.717, 1.165) is 44.9 Å². The molecule has 2 aliphatic rings. The molecule has 2 unspecified atom stereocenters. The van der Waals surface area contributed by atoms with Crippen LogP contribution >= 0.6 is 0 Å². The molecule has 3 heterocycles. The first-order valence-corrected chi connectivity index (χ1v) is 10.1. The van der Waals surface area contributed by atoms with Gasteiger partial charge in [-0.2, -0.15) is 0 Å². The Morgan fingerprint density at radius 3 is 2.68 bits per heavy atom. The molecule has 1 saturated heterocycles. The summed E-state index contributed by atoms with van der Waals surface area (Å²) in [5.74, 6) is 1.56. The number of hydrogen-bond acceptors (Lipinski definition) is 8. The zero-order chi connectivity index (χ0) is 19.9. The van der Waals surface area contributed by atoms with Crippen LogP contribution in [-0.2, 0) is 0 Å². The molecule has 4 N–H and O–H groups in total. The second-order valence-electron chi connectivity index (χ2n) is 7.22. The van der Waals surface area contributed by atoms with Crippen molar-refractivity contribution in [3.8, 4) is 0 Å². The molecule has 9 nitrogen and oxygen atoms in total. The zero-order valence-electron chi connectivity index (χ0n) is 17.0. The predicted octanol–water partition coefficient (Wildman–Crippen LogP) is 0.449. The maximum atomic E-state index is 12.0. The van der Waals surface area contributed by atoms with Crippen LogP contribution in [0.1, 0.15) is 37.0 Å². The highest BCUT2D eigenvalue weighted by Crippen LogP contribution is 2.11. The number of amides is 1. The Hall–Kier alpha value is -2.23. The lowest BCUT2D eigenvalue weighted by molar-refractivity contribution is 0.0774. The molecule has 2 atom stereocenters. The minimum absolute atomic E-state index is 0.0396. The van der Waals surface area contributed by atoms with Gasteiger partial charge in [-0.15, -0.1) is 0 Å². The van der Waals surface area contributed by atoms with E-state index in [1.54, 1.807) is 12.3 Å². The van der Waals surface area contributed by atoms with Gasteiger partial charge in [-0.25, -0.2) is 15.3 Å². The number of aliphatic imine (C=N–C) groups is 1. The second kappa shape index (κ2) is 9.81. The Kier molecular flexibility index (Phi) is 7.18. The molecule has 0 bridgehead atoms. The van der Waals surface area contributed by atoms with Crippen LogP contribution in [-0.4, -0.2) is 78.9 Å². The first-order chi connectivity index (χ1) is 13.6. The summed E-state index contributed by atoms with van der Waals surface area (Å²) in [6, 6.07) is 3.60. The van der Waals surface area contributed by atoms with Crippen molar-refractivity contribution >= 4 is 17.6 Å². The molecule has 1 aromatic rings. The van der Waals surface area contributed by atoms with Crippen molar-refractivity contribution in [2.75, 3.05) is 45.1 Å². The molecule has 3 rings (SSSR count). The lowest BCUT2D eigenvalue weighted by atomic mass is 10.2. The largest absolute Gasteiger partial charge is 0.352 e. The van der Waals surface area contributed by atoms with E-state index in [9.17, 15) is 4.79 Å². The maximum Gasteiger partial charge on any atom is 0.252 e. The van der Waals surface area contributed by atoms with Gasteiger partial charge in [-0.05, 0) is 25.6 Å². The Bertz CT molecular complexity index is 669. The number of hydrogen-bond donors (Lipinski definition) is 4. The Labute approximate surface area is 167 Å². The third-order valence-electron chi connectivity index (χ3n) is 4.99. The van der Waals surface area contributed by atoms with Gasteiger partial charge in [-0.3, -0.25) is 9.69 Å². The van der Waals surface area contributed by atoms with Crippen LogP contribution in [0.2, 0.25) is 0 Å². The number of carbonyl (C=O) groups excluding carboxylic acids is 1. The quantitative estimate of drug-likeness (QED) is 0.538.